The van der Waals surface area contributed by atoms with Crippen molar-refractivity contribution >= 4 is 47.5 Å². The molecule has 8 atom stereocenters. The second-order valence-electron chi connectivity index (χ2n) is 25.8. The van der Waals surface area contributed by atoms with Crippen LogP contribution in [0, 0.1) is 51.4 Å². The summed E-state index contributed by atoms with van der Waals surface area (Å²) in [5, 5.41) is 9.55. The lowest BCUT2D eigenvalue weighted by Crippen LogP contribution is -2.55. The molecule has 5 rings (SSSR count). The molecule has 1 saturated heterocycles. The molecule has 88 heavy (non-hydrogen) atoms. The van der Waals surface area contributed by atoms with Crippen molar-refractivity contribution in [3.8, 4) is 0 Å². The summed E-state index contributed by atoms with van der Waals surface area (Å²) >= 11 is 0. The molecule has 4 aromatic rings. The molecular weight excluding hydrogens is 1120 g/mol. The first-order valence-electron chi connectivity index (χ1n) is 31.4. The summed E-state index contributed by atoms with van der Waals surface area (Å²) in [6.45, 7) is 30.7. The van der Waals surface area contributed by atoms with E-state index in [1.165, 1.54) is 51.8 Å². The van der Waals surface area contributed by atoms with E-state index in [1.54, 1.807) is 0 Å². The van der Waals surface area contributed by atoms with Crippen molar-refractivity contribution in [2.24, 2.45) is 23.7 Å². The molecule has 20 nitrogen and oxygen atoms in total. The highest BCUT2D eigenvalue weighted by molar-refractivity contribution is 5.94. The molecule has 20 heteroatoms. The van der Waals surface area contributed by atoms with Crippen LogP contribution >= 0.6 is 0 Å². The summed E-state index contributed by atoms with van der Waals surface area (Å²) < 4.78 is 28.4. The standard InChI is InChI=1S/C68H100N8O12/c1-21-53-43(11)69-75(45(53)13)37-51-27-23-25-49(33-51)35-59-63(79)73(19)55(29-39(3)4)65(81)85-48(16)62(78)72(18)58(32-42(9)10)68(84)88-60(36-50-26-24-28-52(34-50)38-76-46(14)54(22-2)44(12)70-76)64(80)74(20)56(30-40(5)6)66(82)86-47(15)61(77)71(17)57(31-41(7)8)67(83)87-59/h23-28,33-34,39-42,47-48,55-60H,21-22,29-32,35-38H2,1-20H3/t47-,48-,55+,56+,57+,58+,59-,60-/m1/s1. The smallest absolute Gasteiger partial charge is 0.329 e. The summed E-state index contributed by atoms with van der Waals surface area (Å²) in [6.07, 6.45) is -4.41. The molecule has 2 aromatic heterocycles. The number of cyclic esters (lactones) is 4. The van der Waals surface area contributed by atoms with E-state index in [1.807, 2.05) is 141 Å². The van der Waals surface area contributed by atoms with Crippen LogP contribution in [-0.2, 0) is 96.1 Å². The SMILES string of the molecule is CCc1c(C)nn(Cc2cccc(C[C@H]3OC(=O)[C@H](CC(C)C)N(C)C(=O)[C@@H](C)OC(=O)[C@H](CC(C)C)N(C)C(=O)[C@@H](Cc4cccc(Cn5nc(C)c(CC)c5C)c4)OC(=O)[C@H](CC(C)C)N(C)C(=O)[C@@H](C)OC(=O)[C@H](CC(C)C)N(C)C3=O)c2)c1C. The van der Waals surface area contributed by atoms with Crippen LogP contribution in [0.2, 0.25) is 0 Å². The largest absolute Gasteiger partial charge is 0.451 e. The Morgan fingerprint density at radius 2 is 0.693 bits per heavy atom. The summed E-state index contributed by atoms with van der Waals surface area (Å²) in [5.74, 6) is -7.44. The minimum Gasteiger partial charge on any atom is -0.451 e. The molecule has 0 saturated carbocycles. The van der Waals surface area contributed by atoms with Gasteiger partial charge in [0.05, 0.1) is 24.5 Å². The molecule has 484 valence electrons. The highest BCUT2D eigenvalue weighted by Crippen LogP contribution is 2.26. The fourth-order valence-electron chi connectivity index (χ4n) is 11.8. The lowest BCUT2D eigenvalue weighted by Gasteiger charge is -2.35. The molecule has 0 radical (unpaired) electrons. The first-order valence-corrected chi connectivity index (χ1v) is 31.4. The Morgan fingerprint density at radius 1 is 0.420 bits per heavy atom. The van der Waals surface area contributed by atoms with Crippen LogP contribution in [0.1, 0.15) is 165 Å². The number of hydrogen-bond acceptors (Lipinski definition) is 14. The summed E-state index contributed by atoms with van der Waals surface area (Å²) in [7, 11) is 5.63. The minimum absolute atomic E-state index is 0.0790. The van der Waals surface area contributed by atoms with E-state index in [0.717, 1.165) is 67.7 Å². The molecule has 0 spiro atoms. The van der Waals surface area contributed by atoms with Gasteiger partial charge in [0.15, 0.2) is 24.4 Å². The normalized spacial score (nSPS) is 22.3. The zero-order valence-electron chi connectivity index (χ0n) is 56.1. The Labute approximate surface area is 522 Å². The summed E-state index contributed by atoms with van der Waals surface area (Å²) in [4.78, 5) is 124. The molecule has 1 fully saturated rings. The van der Waals surface area contributed by atoms with Gasteiger partial charge in [-0.1, -0.05) is 118 Å². The van der Waals surface area contributed by atoms with E-state index in [4.69, 9.17) is 29.1 Å². The number of aryl methyl sites for hydroxylation is 2. The topological polar surface area (TPSA) is 222 Å². The van der Waals surface area contributed by atoms with Crippen LogP contribution in [0.25, 0.3) is 0 Å². The Hall–Kier alpha value is -7.38. The molecule has 1 aliphatic heterocycles. The molecule has 4 amide bonds. The summed E-state index contributed by atoms with van der Waals surface area (Å²) in [5.41, 5.74) is 9.24. The average Bonchev–Trinajstić information content (AvgIpc) is 1.59. The molecule has 0 bridgehead atoms. The van der Waals surface area contributed by atoms with E-state index in [-0.39, 0.29) is 62.2 Å². The Balaban J connectivity index is 1.62. The molecule has 2 aromatic carbocycles. The van der Waals surface area contributed by atoms with Crippen molar-refractivity contribution in [1.29, 1.82) is 0 Å². The third-order valence-electron chi connectivity index (χ3n) is 16.7. The van der Waals surface area contributed by atoms with E-state index in [0.29, 0.717) is 24.2 Å². The highest BCUT2D eigenvalue weighted by atomic mass is 16.6. The number of carbonyl (C=O) groups is 8. The first kappa shape index (κ1) is 71.4. The van der Waals surface area contributed by atoms with Gasteiger partial charge in [-0.3, -0.25) is 28.5 Å². The van der Waals surface area contributed by atoms with Crippen LogP contribution in [0.4, 0.5) is 0 Å². The zero-order chi connectivity index (χ0) is 65.8. The second-order valence-corrected chi connectivity index (χ2v) is 25.8. The fraction of sp³-hybridized carbons (Fsp3) is 0.618. The molecule has 0 aliphatic carbocycles. The van der Waals surface area contributed by atoms with Gasteiger partial charge in [0.1, 0.15) is 24.2 Å². The van der Waals surface area contributed by atoms with Gasteiger partial charge in [0.25, 0.3) is 23.6 Å². The first-order chi connectivity index (χ1) is 41.3. The highest BCUT2D eigenvalue weighted by Gasteiger charge is 2.43. The van der Waals surface area contributed by atoms with Gasteiger partial charge in [0.2, 0.25) is 0 Å². The van der Waals surface area contributed by atoms with Crippen molar-refractivity contribution in [1.82, 2.24) is 39.2 Å². The van der Waals surface area contributed by atoms with E-state index in [9.17, 15) is 28.8 Å². The predicted octanol–water partition coefficient (Wildman–Crippen LogP) is 8.51. The number of carbonyl (C=O) groups excluding carboxylic acids is 8. The molecule has 0 unspecified atom stereocenters. The molecule has 1 aliphatic rings. The number of benzene rings is 2. The number of aromatic nitrogens is 4. The minimum atomic E-state index is -1.55. The maximum absolute atomic E-state index is 15.2. The van der Waals surface area contributed by atoms with E-state index in [2.05, 4.69) is 13.8 Å². The van der Waals surface area contributed by atoms with E-state index >= 15 is 9.59 Å². The number of nitrogens with zero attached hydrogens (tertiary/aromatic N) is 8. The van der Waals surface area contributed by atoms with Gasteiger partial charge in [-0.05, 0) is 137 Å². The third kappa shape index (κ3) is 18.4. The Morgan fingerprint density at radius 3 is 0.966 bits per heavy atom. The number of likely N-dealkylation sites (N-methyl/N-ethyl adjacent to an activating group) is 4. The lowest BCUT2D eigenvalue weighted by molar-refractivity contribution is -0.176. The predicted molar refractivity (Wildman–Crippen MR) is 336 cm³/mol. The molecule has 3 heterocycles. The van der Waals surface area contributed by atoms with Crippen molar-refractivity contribution in [3.05, 3.63) is 105 Å². The van der Waals surface area contributed by atoms with Crippen molar-refractivity contribution < 1.29 is 57.3 Å². The van der Waals surface area contributed by atoms with Gasteiger partial charge in [-0.15, -0.1) is 0 Å². The zero-order valence-corrected chi connectivity index (χ0v) is 56.1. The lowest BCUT2D eigenvalue weighted by atomic mass is 9.99. The second kappa shape index (κ2) is 31.7. The van der Waals surface area contributed by atoms with Crippen molar-refractivity contribution in [2.45, 2.75) is 224 Å². The van der Waals surface area contributed by atoms with Crippen molar-refractivity contribution in [3.63, 3.8) is 0 Å². The number of rotatable bonds is 18. The van der Waals surface area contributed by atoms with Crippen molar-refractivity contribution in [2.75, 3.05) is 28.2 Å². The maximum Gasteiger partial charge on any atom is 0.329 e. The van der Waals surface area contributed by atoms with Gasteiger partial charge in [-0.2, -0.15) is 10.2 Å². The Kier molecular flexibility index (Phi) is 25.7. The Bertz CT molecular complexity index is 2890. The van der Waals surface area contributed by atoms with Crippen LogP contribution in [0.3, 0.4) is 0 Å². The van der Waals surface area contributed by atoms with Crippen LogP contribution in [0.5, 0.6) is 0 Å². The van der Waals surface area contributed by atoms with E-state index < -0.39 is 96.1 Å². The van der Waals surface area contributed by atoms with Crippen LogP contribution < -0.4 is 0 Å². The van der Waals surface area contributed by atoms with Crippen LogP contribution in [-0.4, -0.2) is 163 Å². The average molecular weight is 1220 g/mol. The van der Waals surface area contributed by atoms with Gasteiger partial charge in [0, 0.05) is 52.4 Å². The number of ether oxygens (including phenoxy) is 4. The maximum atomic E-state index is 15.2. The number of esters is 4. The van der Waals surface area contributed by atoms with Gasteiger partial charge >= 0.3 is 23.9 Å². The molecule has 0 N–H and O–H groups in total. The number of amides is 4. The number of hydrogen-bond donors (Lipinski definition) is 0. The van der Waals surface area contributed by atoms with Gasteiger partial charge in [-0.25, -0.2) is 19.2 Å². The fourth-order valence-corrected chi connectivity index (χ4v) is 11.8. The summed E-state index contributed by atoms with van der Waals surface area (Å²) in [6, 6.07) is 9.80. The molecular formula is C68H100N8O12. The van der Waals surface area contributed by atoms with Gasteiger partial charge < -0.3 is 38.5 Å². The van der Waals surface area contributed by atoms with Crippen LogP contribution in [0.15, 0.2) is 48.5 Å². The quantitative estimate of drug-likeness (QED) is 0.0673. The monoisotopic (exact) mass is 1220 g/mol. The third-order valence-corrected chi connectivity index (χ3v) is 16.7.